The summed E-state index contributed by atoms with van der Waals surface area (Å²) in [6, 6.07) is 3.57. The number of ether oxygens (including phenoxy) is 1. The Balaban J connectivity index is 2.88. The Morgan fingerprint density at radius 1 is 1.56 bits per heavy atom. The lowest BCUT2D eigenvalue weighted by molar-refractivity contribution is 0.0956. The topological polar surface area (TPSA) is 52.3 Å². The number of benzene rings is 1. The van der Waals surface area contributed by atoms with Crippen molar-refractivity contribution in [2.45, 2.75) is 25.8 Å². The zero-order chi connectivity index (χ0) is 12.1. The predicted molar refractivity (Wildman–Crippen MR) is 60.2 cm³/mol. The van der Waals surface area contributed by atoms with Gasteiger partial charge in [-0.25, -0.2) is 4.39 Å². The van der Waals surface area contributed by atoms with Crippen molar-refractivity contribution in [3.05, 3.63) is 29.6 Å². The van der Waals surface area contributed by atoms with Gasteiger partial charge in [0.15, 0.2) is 17.3 Å². The standard InChI is InChI=1S/C12H16FNO2/c1-3-4-10(14)12(15)8-5-6-11(16-2)9(13)7-8/h5-7,10H,3-4,14H2,1-2H3. The first-order valence-electron chi connectivity index (χ1n) is 5.23. The summed E-state index contributed by atoms with van der Waals surface area (Å²) < 4.78 is 18.1. The van der Waals surface area contributed by atoms with E-state index in [1.165, 1.54) is 19.2 Å². The molecule has 4 heteroatoms. The summed E-state index contributed by atoms with van der Waals surface area (Å²) in [5.74, 6) is -0.652. The van der Waals surface area contributed by atoms with Gasteiger partial charge in [0.2, 0.25) is 0 Å². The first-order chi connectivity index (χ1) is 7.60. The minimum atomic E-state index is -0.558. The molecule has 0 aromatic heterocycles. The lowest BCUT2D eigenvalue weighted by atomic mass is 10.0. The molecule has 0 radical (unpaired) electrons. The third kappa shape index (κ3) is 2.79. The third-order valence-electron chi connectivity index (χ3n) is 2.37. The molecule has 0 aliphatic rings. The summed E-state index contributed by atoms with van der Waals surface area (Å²) in [5.41, 5.74) is 5.97. The molecular formula is C12H16FNO2. The molecule has 88 valence electrons. The van der Waals surface area contributed by atoms with E-state index in [0.717, 1.165) is 12.5 Å². The van der Waals surface area contributed by atoms with Gasteiger partial charge in [0.25, 0.3) is 0 Å². The van der Waals surface area contributed by atoms with Crippen LogP contribution >= 0.6 is 0 Å². The number of halogens is 1. The minimum Gasteiger partial charge on any atom is -0.494 e. The van der Waals surface area contributed by atoms with Gasteiger partial charge < -0.3 is 10.5 Å². The molecule has 0 heterocycles. The number of nitrogens with two attached hydrogens (primary N) is 1. The molecule has 1 atom stereocenters. The van der Waals surface area contributed by atoms with Crippen molar-refractivity contribution in [1.29, 1.82) is 0 Å². The van der Waals surface area contributed by atoms with Crippen molar-refractivity contribution in [2.75, 3.05) is 7.11 Å². The molecule has 2 N–H and O–H groups in total. The molecule has 0 saturated carbocycles. The number of carbonyl (C=O) groups is 1. The lowest BCUT2D eigenvalue weighted by Gasteiger charge is -2.10. The average molecular weight is 225 g/mol. The Morgan fingerprint density at radius 2 is 2.25 bits per heavy atom. The fraction of sp³-hybridized carbons (Fsp3) is 0.417. The van der Waals surface area contributed by atoms with Gasteiger partial charge in [0.1, 0.15) is 0 Å². The van der Waals surface area contributed by atoms with E-state index in [9.17, 15) is 9.18 Å². The summed E-state index contributed by atoms with van der Waals surface area (Å²) in [6.07, 6.45) is 1.43. The van der Waals surface area contributed by atoms with E-state index >= 15 is 0 Å². The SMILES string of the molecule is CCCC(N)C(=O)c1ccc(OC)c(F)c1. The van der Waals surface area contributed by atoms with Crippen molar-refractivity contribution in [2.24, 2.45) is 5.73 Å². The molecular weight excluding hydrogens is 209 g/mol. The van der Waals surface area contributed by atoms with Crippen LogP contribution in [0, 0.1) is 5.82 Å². The normalized spacial score (nSPS) is 12.2. The van der Waals surface area contributed by atoms with Crippen LogP contribution in [0.25, 0.3) is 0 Å². The van der Waals surface area contributed by atoms with Gasteiger partial charge in [0, 0.05) is 5.56 Å². The van der Waals surface area contributed by atoms with Crippen LogP contribution in [0.4, 0.5) is 4.39 Å². The molecule has 1 aromatic rings. The highest BCUT2D eigenvalue weighted by Crippen LogP contribution is 2.18. The molecule has 16 heavy (non-hydrogen) atoms. The number of methoxy groups -OCH3 is 1. The van der Waals surface area contributed by atoms with E-state index < -0.39 is 11.9 Å². The Morgan fingerprint density at radius 3 is 2.75 bits per heavy atom. The van der Waals surface area contributed by atoms with Crippen LogP contribution in [0.5, 0.6) is 5.75 Å². The largest absolute Gasteiger partial charge is 0.494 e. The number of Topliss-reactive ketones (excluding diaryl/α,β-unsaturated/α-hetero) is 1. The highest BCUT2D eigenvalue weighted by molar-refractivity contribution is 6.00. The Labute approximate surface area is 94.4 Å². The number of carbonyl (C=O) groups excluding carboxylic acids is 1. The fourth-order valence-electron chi connectivity index (χ4n) is 1.48. The van der Waals surface area contributed by atoms with Crippen LogP contribution in [0.2, 0.25) is 0 Å². The van der Waals surface area contributed by atoms with Gasteiger partial charge in [-0.3, -0.25) is 4.79 Å². The van der Waals surface area contributed by atoms with E-state index in [0.29, 0.717) is 12.0 Å². The molecule has 1 unspecified atom stereocenters. The van der Waals surface area contributed by atoms with E-state index in [4.69, 9.17) is 10.5 Å². The first kappa shape index (κ1) is 12.6. The maximum atomic E-state index is 13.3. The van der Waals surface area contributed by atoms with Crippen LogP contribution < -0.4 is 10.5 Å². The van der Waals surface area contributed by atoms with E-state index in [1.807, 2.05) is 6.92 Å². The van der Waals surface area contributed by atoms with Crippen molar-refractivity contribution >= 4 is 5.78 Å². The maximum Gasteiger partial charge on any atom is 0.179 e. The van der Waals surface area contributed by atoms with Crippen LogP contribution in [0.15, 0.2) is 18.2 Å². The second kappa shape index (κ2) is 5.61. The molecule has 0 aliphatic heterocycles. The van der Waals surface area contributed by atoms with Crippen molar-refractivity contribution in [3.63, 3.8) is 0 Å². The zero-order valence-electron chi connectivity index (χ0n) is 9.50. The molecule has 0 amide bonds. The quantitative estimate of drug-likeness (QED) is 0.781. The van der Waals surface area contributed by atoms with Gasteiger partial charge in [-0.1, -0.05) is 13.3 Å². The first-order valence-corrected chi connectivity index (χ1v) is 5.23. The van der Waals surface area contributed by atoms with E-state index in [-0.39, 0.29) is 11.5 Å². The zero-order valence-corrected chi connectivity index (χ0v) is 9.50. The molecule has 0 aliphatic carbocycles. The molecule has 0 fully saturated rings. The molecule has 1 rings (SSSR count). The molecule has 0 bridgehead atoms. The predicted octanol–water partition coefficient (Wildman–Crippen LogP) is 2.14. The van der Waals surface area contributed by atoms with Gasteiger partial charge in [-0.15, -0.1) is 0 Å². The van der Waals surface area contributed by atoms with Gasteiger partial charge in [-0.05, 0) is 24.6 Å². The van der Waals surface area contributed by atoms with Crippen LogP contribution in [-0.2, 0) is 0 Å². The molecule has 0 spiro atoms. The van der Waals surface area contributed by atoms with Gasteiger partial charge in [-0.2, -0.15) is 0 Å². The number of hydrogen-bond donors (Lipinski definition) is 1. The third-order valence-corrected chi connectivity index (χ3v) is 2.37. The number of hydrogen-bond acceptors (Lipinski definition) is 3. The maximum absolute atomic E-state index is 13.3. The summed E-state index contributed by atoms with van der Waals surface area (Å²) >= 11 is 0. The van der Waals surface area contributed by atoms with E-state index in [2.05, 4.69) is 0 Å². The Bertz CT molecular complexity index is 379. The van der Waals surface area contributed by atoms with Crippen LogP contribution in [-0.4, -0.2) is 18.9 Å². The summed E-state index contributed by atoms with van der Waals surface area (Å²) in [6.45, 7) is 1.95. The fourth-order valence-corrected chi connectivity index (χ4v) is 1.48. The summed E-state index contributed by atoms with van der Waals surface area (Å²) in [4.78, 5) is 11.8. The average Bonchev–Trinajstić information content (AvgIpc) is 2.28. The molecule has 3 nitrogen and oxygen atoms in total. The van der Waals surface area contributed by atoms with Gasteiger partial charge in [0.05, 0.1) is 13.2 Å². The highest BCUT2D eigenvalue weighted by atomic mass is 19.1. The number of ketones is 1. The van der Waals surface area contributed by atoms with Crippen molar-refractivity contribution in [3.8, 4) is 5.75 Å². The van der Waals surface area contributed by atoms with Crippen molar-refractivity contribution in [1.82, 2.24) is 0 Å². The van der Waals surface area contributed by atoms with Crippen LogP contribution in [0.1, 0.15) is 30.1 Å². The van der Waals surface area contributed by atoms with E-state index in [1.54, 1.807) is 0 Å². The number of rotatable bonds is 5. The minimum absolute atomic E-state index is 0.126. The smallest absolute Gasteiger partial charge is 0.179 e. The second-order valence-electron chi connectivity index (χ2n) is 3.61. The second-order valence-corrected chi connectivity index (χ2v) is 3.61. The summed E-state index contributed by atoms with van der Waals surface area (Å²) in [7, 11) is 1.38. The summed E-state index contributed by atoms with van der Waals surface area (Å²) in [5, 5.41) is 0. The molecule has 0 saturated heterocycles. The van der Waals surface area contributed by atoms with Gasteiger partial charge >= 0.3 is 0 Å². The molecule has 1 aromatic carbocycles. The monoisotopic (exact) mass is 225 g/mol. The lowest BCUT2D eigenvalue weighted by Crippen LogP contribution is -2.30. The highest BCUT2D eigenvalue weighted by Gasteiger charge is 2.16. The van der Waals surface area contributed by atoms with Crippen LogP contribution in [0.3, 0.4) is 0 Å². The van der Waals surface area contributed by atoms with Crippen molar-refractivity contribution < 1.29 is 13.9 Å². The Hall–Kier alpha value is -1.42. The Kier molecular flexibility index (Phi) is 4.43.